The van der Waals surface area contributed by atoms with Crippen LogP contribution in [0.5, 0.6) is 0 Å². The van der Waals surface area contributed by atoms with E-state index < -0.39 is 11.6 Å². The van der Waals surface area contributed by atoms with E-state index in [1.807, 2.05) is 12.1 Å². The summed E-state index contributed by atoms with van der Waals surface area (Å²) in [5.74, 6) is -0.475. The van der Waals surface area contributed by atoms with Crippen molar-refractivity contribution in [3.8, 4) is 0 Å². The third kappa shape index (κ3) is 5.32. The molecule has 0 saturated heterocycles. The number of nitrogens with two attached hydrogens (primary N) is 1. The molecule has 0 spiro atoms. The lowest BCUT2D eigenvalue weighted by Gasteiger charge is -2.39. The third-order valence-electron chi connectivity index (χ3n) is 7.15. The van der Waals surface area contributed by atoms with E-state index in [1.54, 1.807) is 12.1 Å². The topological polar surface area (TPSA) is 124 Å². The van der Waals surface area contributed by atoms with Gasteiger partial charge in [-0.25, -0.2) is 4.98 Å². The number of hydrogen-bond donors (Lipinski definition) is 4. The van der Waals surface area contributed by atoms with Crippen LogP contribution in [0.4, 0.5) is 0 Å². The largest absolute Gasteiger partial charge is 0.396 e. The first kappa shape index (κ1) is 27.0. The van der Waals surface area contributed by atoms with Gasteiger partial charge in [-0.2, -0.15) is 0 Å². The van der Waals surface area contributed by atoms with Gasteiger partial charge in [-0.1, -0.05) is 24.4 Å². The monoisotopic (exact) mass is 551 g/mol. The summed E-state index contributed by atoms with van der Waals surface area (Å²) in [6.07, 6.45) is 4.39. The van der Waals surface area contributed by atoms with Crippen molar-refractivity contribution in [1.82, 2.24) is 20.2 Å². The number of aromatic nitrogens is 2. The van der Waals surface area contributed by atoms with Gasteiger partial charge in [-0.05, 0) is 43.5 Å². The van der Waals surface area contributed by atoms with Crippen LogP contribution in [-0.4, -0.2) is 62.9 Å². The molecule has 1 aromatic carbocycles. The minimum atomic E-state index is -1.20. The van der Waals surface area contributed by atoms with Crippen LogP contribution in [-0.2, 0) is 13.0 Å². The van der Waals surface area contributed by atoms with Gasteiger partial charge in [0.05, 0.1) is 17.4 Å². The quantitative estimate of drug-likeness (QED) is 0.332. The number of aliphatic hydroxyl groups is 1. The summed E-state index contributed by atoms with van der Waals surface area (Å²) < 4.78 is 0. The number of aliphatic hydroxyl groups excluding tert-OH is 1. The van der Waals surface area contributed by atoms with Gasteiger partial charge in [-0.3, -0.25) is 14.5 Å². The summed E-state index contributed by atoms with van der Waals surface area (Å²) in [7, 11) is 0. The van der Waals surface area contributed by atoms with Crippen LogP contribution in [0.15, 0.2) is 24.3 Å². The molecule has 11 heteroatoms. The Morgan fingerprint density at radius 2 is 2.17 bits per heavy atom. The standard InChI is InChI=1S/C25H30ClN5O3S.ClH/c26-16-5-6-17-15(12-16)13-19(28-17)22(33)25(27)8-2-1-4-21(25)30-23(34)24-29-18-7-10-31(9-3-11-32)14-20(18)35-24;/h5-6,12-13,21,28,32H,1-4,7-11,14,27H2,(H,30,34);1H. The zero-order chi connectivity index (χ0) is 24.6. The lowest BCUT2D eigenvalue weighted by molar-refractivity contribution is 0.0755. The number of nitrogens with one attached hydrogen (secondary N) is 2. The SMILES string of the molecule is Cl.NC1(C(=O)c2cc3cc(Cl)ccc3[nH]2)CCCCC1NC(=O)c1nc2c(s1)CN(CCCO)CC2. The number of fused-ring (bicyclic) bond motifs is 2. The Bertz CT molecular complexity index is 1260. The number of amides is 1. The molecule has 5 rings (SSSR count). The van der Waals surface area contributed by atoms with E-state index in [0.717, 1.165) is 66.8 Å². The van der Waals surface area contributed by atoms with Crippen LogP contribution in [0.3, 0.4) is 0 Å². The number of benzene rings is 1. The van der Waals surface area contributed by atoms with Crippen molar-refractivity contribution in [3.63, 3.8) is 0 Å². The maximum atomic E-state index is 13.6. The predicted molar refractivity (Wildman–Crippen MR) is 144 cm³/mol. The van der Waals surface area contributed by atoms with E-state index >= 15 is 0 Å². The number of ketones is 1. The molecule has 3 heterocycles. The van der Waals surface area contributed by atoms with Gasteiger partial charge in [-0.15, -0.1) is 23.7 Å². The Balaban J connectivity index is 0.00000304. The fourth-order valence-corrected chi connectivity index (χ4v) is 6.43. The van der Waals surface area contributed by atoms with Crippen LogP contribution in [0.1, 0.15) is 63.0 Å². The van der Waals surface area contributed by atoms with E-state index in [-0.39, 0.29) is 30.7 Å². The van der Waals surface area contributed by atoms with E-state index in [1.165, 1.54) is 11.3 Å². The molecule has 1 amide bonds. The fraction of sp³-hybridized carbons (Fsp3) is 0.480. The second-order valence-corrected chi connectivity index (χ2v) is 11.1. The summed E-state index contributed by atoms with van der Waals surface area (Å²) in [4.78, 5) is 38.0. The molecule has 194 valence electrons. The Morgan fingerprint density at radius 3 is 2.97 bits per heavy atom. The Hall–Kier alpha value is -2.01. The van der Waals surface area contributed by atoms with Crippen molar-refractivity contribution in [2.45, 2.75) is 56.7 Å². The second kappa shape index (κ2) is 11.2. The molecule has 3 aromatic rings. The molecule has 8 nitrogen and oxygen atoms in total. The Labute approximate surface area is 225 Å². The van der Waals surface area contributed by atoms with E-state index in [2.05, 4.69) is 20.2 Å². The fourth-order valence-electron chi connectivity index (χ4n) is 5.20. The molecule has 36 heavy (non-hydrogen) atoms. The molecule has 2 atom stereocenters. The lowest BCUT2D eigenvalue weighted by Crippen LogP contribution is -2.64. The first-order valence-electron chi connectivity index (χ1n) is 12.1. The number of hydrogen-bond acceptors (Lipinski definition) is 7. The minimum absolute atomic E-state index is 0. The van der Waals surface area contributed by atoms with E-state index in [0.29, 0.717) is 28.6 Å². The third-order valence-corrected chi connectivity index (χ3v) is 8.46. The maximum absolute atomic E-state index is 13.6. The summed E-state index contributed by atoms with van der Waals surface area (Å²) in [6, 6.07) is 6.72. The summed E-state index contributed by atoms with van der Waals surface area (Å²) in [5, 5.41) is 14.0. The van der Waals surface area contributed by atoms with Crippen LogP contribution >= 0.6 is 35.3 Å². The zero-order valence-electron chi connectivity index (χ0n) is 19.9. The molecule has 2 aromatic heterocycles. The molecule has 0 radical (unpaired) electrons. The first-order valence-corrected chi connectivity index (χ1v) is 13.3. The van der Waals surface area contributed by atoms with Crippen LogP contribution < -0.4 is 11.1 Å². The van der Waals surface area contributed by atoms with Crippen molar-refractivity contribution in [3.05, 3.63) is 50.6 Å². The smallest absolute Gasteiger partial charge is 0.280 e. The van der Waals surface area contributed by atoms with Gasteiger partial charge in [0.2, 0.25) is 5.78 Å². The number of aromatic amines is 1. The number of thiazole rings is 1. The zero-order valence-corrected chi connectivity index (χ0v) is 22.3. The molecule has 1 aliphatic heterocycles. The molecule has 0 bridgehead atoms. The molecule has 5 N–H and O–H groups in total. The number of nitrogens with zero attached hydrogens (tertiary/aromatic N) is 2. The maximum Gasteiger partial charge on any atom is 0.280 e. The highest BCUT2D eigenvalue weighted by Gasteiger charge is 2.45. The molecular formula is C25H31Cl2N5O3S. The first-order chi connectivity index (χ1) is 16.9. The Kier molecular flexibility index (Phi) is 8.38. The van der Waals surface area contributed by atoms with Crippen LogP contribution in [0.2, 0.25) is 5.02 Å². The molecular weight excluding hydrogens is 521 g/mol. The summed E-state index contributed by atoms with van der Waals surface area (Å²) >= 11 is 7.51. The predicted octanol–water partition coefficient (Wildman–Crippen LogP) is 3.69. The van der Waals surface area contributed by atoms with Crippen molar-refractivity contribution >= 4 is 57.9 Å². The molecule has 1 aliphatic carbocycles. The average molecular weight is 553 g/mol. The number of H-pyrrole nitrogens is 1. The number of Topliss-reactive ketones (excluding diaryl/α,β-unsaturated/α-hetero) is 1. The highest BCUT2D eigenvalue weighted by Crippen LogP contribution is 2.32. The van der Waals surface area contributed by atoms with Crippen molar-refractivity contribution < 1.29 is 14.7 Å². The number of rotatable bonds is 7. The van der Waals surface area contributed by atoms with Gasteiger partial charge in [0, 0.05) is 53.5 Å². The molecule has 1 saturated carbocycles. The minimum Gasteiger partial charge on any atom is -0.396 e. The van der Waals surface area contributed by atoms with Crippen LogP contribution in [0.25, 0.3) is 10.9 Å². The highest BCUT2D eigenvalue weighted by atomic mass is 35.5. The van der Waals surface area contributed by atoms with E-state index in [9.17, 15) is 9.59 Å². The molecule has 2 aliphatic rings. The lowest BCUT2D eigenvalue weighted by atomic mass is 9.74. The van der Waals surface area contributed by atoms with Gasteiger partial charge in [0.25, 0.3) is 5.91 Å². The normalized spacial score (nSPS) is 22.1. The average Bonchev–Trinajstić information content (AvgIpc) is 3.47. The summed E-state index contributed by atoms with van der Waals surface area (Å²) in [6.45, 7) is 2.62. The number of halogens is 2. The van der Waals surface area contributed by atoms with Gasteiger partial charge in [0.1, 0.15) is 5.54 Å². The van der Waals surface area contributed by atoms with Crippen molar-refractivity contribution in [2.75, 3.05) is 19.7 Å². The Morgan fingerprint density at radius 1 is 1.33 bits per heavy atom. The number of carbonyl (C=O) groups is 2. The van der Waals surface area contributed by atoms with Gasteiger partial charge in [0.15, 0.2) is 5.01 Å². The van der Waals surface area contributed by atoms with Gasteiger partial charge >= 0.3 is 0 Å². The van der Waals surface area contributed by atoms with Crippen molar-refractivity contribution in [1.29, 1.82) is 0 Å². The van der Waals surface area contributed by atoms with Gasteiger partial charge < -0.3 is 21.1 Å². The second-order valence-electron chi connectivity index (χ2n) is 9.55. The van der Waals surface area contributed by atoms with Crippen molar-refractivity contribution in [2.24, 2.45) is 5.73 Å². The molecule has 1 fully saturated rings. The van der Waals surface area contributed by atoms with Crippen LogP contribution in [0, 0.1) is 0 Å². The number of carbonyl (C=O) groups excluding carboxylic acids is 2. The molecule has 2 unspecified atom stereocenters. The summed E-state index contributed by atoms with van der Waals surface area (Å²) in [5.41, 5.74) is 7.78. The van der Waals surface area contributed by atoms with E-state index in [4.69, 9.17) is 22.4 Å². The highest BCUT2D eigenvalue weighted by molar-refractivity contribution is 7.13.